The van der Waals surface area contributed by atoms with Crippen LogP contribution in [0.15, 0.2) is 18.2 Å². The second-order valence-corrected chi connectivity index (χ2v) is 1.99. The minimum Gasteiger partial charge on any atom is -0.192 e. The van der Waals surface area contributed by atoms with E-state index in [0.29, 0.717) is 11.0 Å². The molecule has 0 fully saturated rings. The number of benzene rings is 1. The maximum absolute atomic E-state index is 8.55. The summed E-state index contributed by atoms with van der Waals surface area (Å²) in [5.41, 5.74) is 0.939. The van der Waals surface area contributed by atoms with Crippen molar-refractivity contribution in [2.45, 2.75) is 0 Å². The van der Waals surface area contributed by atoms with Crippen LogP contribution >= 0.6 is 0 Å². The van der Waals surface area contributed by atoms with E-state index in [9.17, 15) is 0 Å². The van der Waals surface area contributed by atoms with Gasteiger partial charge in [-0.25, -0.2) is 0 Å². The summed E-state index contributed by atoms with van der Waals surface area (Å²) in [5.74, 6) is 0. The minimum absolute atomic E-state index is 0.259. The van der Waals surface area contributed by atoms with Crippen LogP contribution < -0.4 is 5.46 Å². The number of nitrogens with zero attached hydrogens (tertiary/aromatic N) is 2. The van der Waals surface area contributed by atoms with Crippen molar-refractivity contribution in [1.29, 1.82) is 10.5 Å². The fraction of sp³-hybridized carbons (Fsp3) is 0. The van der Waals surface area contributed by atoms with E-state index in [1.54, 1.807) is 18.2 Å². The van der Waals surface area contributed by atoms with Crippen LogP contribution in [-0.2, 0) is 0 Å². The monoisotopic (exact) mass is 138 g/mol. The highest BCUT2D eigenvalue weighted by Crippen LogP contribution is 2.01. The molecule has 2 nitrogen and oxygen atoms in total. The molecule has 0 bridgehead atoms. The highest BCUT2D eigenvalue weighted by molar-refractivity contribution is 6.34. The molecule has 0 saturated heterocycles. The van der Waals surface area contributed by atoms with Gasteiger partial charge in [0.25, 0.3) is 0 Å². The number of rotatable bonds is 0. The molecule has 1 aromatic carbocycles. The molecule has 0 atom stereocenters. The van der Waals surface area contributed by atoms with Crippen LogP contribution in [0.1, 0.15) is 11.1 Å². The molecular weight excluding hydrogens is 135 g/mol. The van der Waals surface area contributed by atoms with Crippen LogP contribution in [0.5, 0.6) is 0 Å². The van der Waals surface area contributed by atoms with Crippen molar-refractivity contribution in [3.63, 3.8) is 0 Å². The second kappa shape index (κ2) is 2.90. The van der Waals surface area contributed by atoms with E-state index < -0.39 is 0 Å². The van der Waals surface area contributed by atoms with Gasteiger partial charge in [0.05, 0.1) is 17.2 Å². The predicted molar refractivity (Wildman–Crippen MR) is 41.3 cm³/mol. The van der Waals surface area contributed by atoms with Gasteiger partial charge < -0.3 is 0 Å². The zero-order valence-corrected chi connectivity index (χ0v) is 5.70. The highest BCUT2D eigenvalue weighted by atomic mass is 14.3. The highest BCUT2D eigenvalue weighted by Gasteiger charge is 2.01. The summed E-state index contributed by atoms with van der Waals surface area (Å²) in [7, 11) is 5.43. The van der Waals surface area contributed by atoms with Gasteiger partial charge in [0.1, 0.15) is 13.9 Å². The van der Waals surface area contributed by atoms with Gasteiger partial charge in [-0.2, -0.15) is 10.5 Å². The third kappa shape index (κ3) is 1.23. The SMILES string of the molecule is [B]c1cccc(C#N)c1C#N. The lowest BCUT2D eigenvalue weighted by molar-refractivity contribution is 1.45. The molecule has 0 heterocycles. The Balaban J connectivity index is 3.42. The van der Waals surface area contributed by atoms with E-state index in [2.05, 4.69) is 0 Å². The molecule has 1 aromatic rings. The van der Waals surface area contributed by atoms with Crippen LogP contribution in [0.25, 0.3) is 0 Å². The lowest BCUT2D eigenvalue weighted by Crippen LogP contribution is -2.08. The quantitative estimate of drug-likeness (QED) is 0.481. The summed E-state index contributed by atoms with van der Waals surface area (Å²) >= 11 is 0. The molecule has 11 heavy (non-hydrogen) atoms. The van der Waals surface area contributed by atoms with E-state index in [0.717, 1.165) is 0 Å². The summed E-state index contributed by atoms with van der Waals surface area (Å²) in [6.45, 7) is 0. The molecule has 3 heteroatoms. The number of nitriles is 2. The first kappa shape index (κ1) is 7.37. The Bertz CT molecular complexity index is 357. The largest absolute Gasteiger partial charge is 0.192 e. The zero-order chi connectivity index (χ0) is 8.27. The van der Waals surface area contributed by atoms with E-state index in [-0.39, 0.29) is 5.56 Å². The van der Waals surface area contributed by atoms with Gasteiger partial charge in [0, 0.05) is 0 Å². The number of hydrogen-bond donors (Lipinski definition) is 0. The van der Waals surface area contributed by atoms with Gasteiger partial charge in [0.2, 0.25) is 0 Å². The average molecular weight is 138 g/mol. The Morgan fingerprint density at radius 3 is 2.36 bits per heavy atom. The molecule has 0 saturated carbocycles. The van der Waals surface area contributed by atoms with Crippen LogP contribution in [0, 0.1) is 22.7 Å². The molecule has 0 N–H and O–H groups in total. The van der Waals surface area contributed by atoms with Crippen LogP contribution in [-0.4, -0.2) is 7.85 Å². The third-order valence-electron chi connectivity index (χ3n) is 1.33. The molecule has 48 valence electrons. The van der Waals surface area contributed by atoms with Gasteiger partial charge in [-0.1, -0.05) is 17.6 Å². The first-order valence-electron chi connectivity index (χ1n) is 2.98. The first-order valence-corrected chi connectivity index (χ1v) is 2.98. The molecule has 0 aliphatic rings. The lowest BCUT2D eigenvalue weighted by atomic mass is 9.89. The Labute approximate surface area is 66.1 Å². The van der Waals surface area contributed by atoms with Crippen molar-refractivity contribution in [2.24, 2.45) is 0 Å². The summed E-state index contributed by atoms with van der Waals surface area (Å²) in [6, 6.07) is 8.56. The Hall–Kier alpha value is -1.74. The maximum atomic E-state index is 8.55. The first-order chi connectivity index (χ1) is 5.29. The molecule has 0 aliphatic heterocycles. The minimum atomic E-state index is 0.259. The molecule has 1 rings (SSSR count). The van der Waals surface area contributed by atoms with Crippen molar-refractivity contribution >= 4 is 13.3 Å². The Kier molecular flexibility index (Phi) is 1.94. The molecule has 0 unspecified atom stereocenters. The van der Waals surface area contributed by atoms with Crippen LogP contribution in [0.4, 0.5) is 0 Å². The Morgan fingerprint density at radius 2 is 1.91 bits per heavy atom. The normalized spacial score (nSPS) is 8.18. The molecule has 0 aliphatic carbocycles. The third-order valence-corrected chi connectivity index (χ3v) is 1.33. The Morgan fingerprint density at radius 1 is 1.18 bits per heavy atom. The maximum Gasteiger partial charge on any atom is 0.115 e. The standard InChI is InChI=1S/C8H3BN2/c9-8-3-1-2-6(4-10)7(8)5-11/h1-3H. The van der Waals surface area contributed by atoms with E-state index >= 15 is 0 Å². The molecule has 0 amide bonds. The van der Waals surface area contributed by atoms with Crippen molar-refractivity contribution in [3.8, 4) is 12.1 Å². The van der Waals surface area contributed by atoms with Crippen molar-refractivity contribution in [3.05, 3.63) is 29.3 Å². The molecular formula is C8H3BN2. The topological polar surface area (TPSA) is 47.6 Å². The van der Waals surface area contributed by atoms with E-state index in [1.807, 2.05) is 12.1 Å². The number of hydrogen-bond acceptors (Lipinski definition) is 2. The summed E-state index contributed by atoms with van der Waals surface area (Å²) in [4.78, 5) is 0. The van der Waals surface area contributed by atoms with Gasteiger partial charge >= 0.3 is 0 Å². The lowest BCUT2D eigenvalue weighted by Gasteiger charge is -1.96. The fourth-order valence-electron chi connectivity index (χ4n) is 0.788. The van der Waals surface area contributed by atoms with Crippen molar-refractivity contribution in [2.75, 3.05) is 0 Å². The summed E-state index contributed by atoms with van der Waals surface area (Å²) < 4.78 is 0. The van der Waals surface area contributed by atoms with Crippen LogP contribution in [0.2, 0.25) is 0 Å². The summed E-state index contributed by atoms with van der Waals surface area (Å²) in [5, 5.41) is 17.1. The second-order valence-electron chi connectivity index (χ2n) is 1.99. The molecule has 0 aromatic heterocycles. The van der Waals surface area contributed by atoms with Gasteiger partial charge in [0.15, 0.2) is 0 Å². The van der Waals surface area contributed by atoms with Gasteiger partial charge in [-0.3, -0.25) is 0 Å². The van der Waals surface area contributed by atoms with Crippen molar-refractivity contribution in [1.82, 2.24) is 0 Å². The van der Waals surface area contributed by atoms with Crippen LogP contribution in [0.3, 0.4) is 0 Å². The zero-order valence-electron chi connectivity index (χ0n) is 5.70. The van der Waals surface area contributed by atoms with Gasteiger partial charge in [-0.15, -0.1) is 0 Å². The van der Waals surface area contributed by atoms with Crippen molar-refractivity contribution < 1.29 is 0 Å². The molecule has 0 spiro atoms. The summed E-state index contributed by atoms with van der Waals surface area (Å²) in [6.07, 6.45) is 0. The van der Waals surface area contributed by atoms with E-state index in [4.69, 9.17) is 18.4 Å². The predicted octanol–water partition coefficient (Wildman–Crippen LogP) is 0.224. The average Bonchev–Trinajstić information content (AvgIpc) is 2.04. The van der Waals surface area contributed by atoms with Gasteiger partial charge in [-0.05, 0) is 6.07 Å². The fourth-order valence-corrected chi connectivity index (χ4v) is 0.788. The molecule has 2 radical (unpaired) electrons. The van der Waals surface area contributed by atoms with E-state index in [1.165, 1.54) is 0 Å². The smallest absolute Gasteiger partial charge is 0.115 e.